The van der Waals surface area contributed by atoms with Crippen LogP contribution in [0.25, 0.3) is 0 Å². The molecular weight excluding hydrogens is 342 g/mol. The summed E-state index contributed by atoms with van der Waals surface area (Å²) in [6.07, 6.45) is 0. The lowest BCUT2D eigenvalue weighted by Crippen LogP contribution is -2.45. The Kier molecular flexibility index (Phi) is 6.36. The summed E-state index contributed by atoms with van der Waals surface area (Å²) in [5.41, 5.74) is 3.25. The van der Waals surface area contributed by atoms with E-state index < -0.39 is 0 Å². The van der Waals surface area contributed by atoms with Gasteiger partial charge >= 0.3 is 0 Å². The van der Waals surface area contributed by atoms with Gasteiger partial charge in [0.05, 0.1) is 23.7 Å². The average Bonchev–Trinajstić information content (AvgIpc) is 2.66. The van der Waals surface area contributed by atoms with Gasteiger partial charge in [0.15, 0.2) is 0 Å². The van der Waals surface area contributed by atoms with Crippen LogP contribution in [0, 0.1) is 13.8 Å². The topological polar surface area (TPSA) is 70.6 Å². The highest BCUT2D eigenvalue weighted by Crippen LogP contribution is 2.21. The monoisotopic (exact) mass is 369 g/mol. The van der Waals surface area contributed by atoms with Gasteiger partial charge in [-0.05, 0) is 26.5 Å². The number of ether oxygens (including phenoxy) is 1. The summed E-state index contributed by atoms with van der Waals surface area (Å²) < 4.78 is 5.50. The average molecular weight is 369 g/mol. The maximum Gasteiger partial charge on any atom is 0.250 e. The Morgan fingerprint density at radius 1 is 1.07 bits per heavy atom. The lowest BCUT2D eigenvalue weighted by molar-refractivity contribution is -0.121. The number of benzene rings is 1. The molecule has 0 unspecified atom stereocenters. The number of nitrogens with zero attached hydrogens (tertiary/aromatic N) is 4. The van der Waals surface area contributed by atoms with Gasteiger partial charge in [-0.15, -0.1) is 0 Å². The van der Waals surface area contributed by atoms with Gasteiger partial charge in [-0.3, -0.25) is 4.79 Å². The molecule has 1 aromatic carbocycles. The number of rotatable bonds is 6. The third kappa shape index (κ3) is 5.24. The first kappa shape index (κ1) is 19.3. The molecule has 2 heterocycles. The molecule has 2 aromatic rings. The summed E-state index contributed by atoms with van der Waals surface area (Å²) in [4.78, 5) is 25.9. The molecule has 1 fully saturated rings. The number of hydrogen-bond donors (Lipinski definition) is 1. The van der Waals surface area contributed by atoms with E-state index in [2.05, 4.69) is 32.1 Å². The molecule has 1 N–H and O–H groups in total. The first-order valence-corrected chi connectivity index (χ1v) is 9.23. The molecule has 1 amide bonds. The second-order valence-electron chi connectivity index (χ2n) is 6.89. The van der Waals surface area contributed by atoms with Gasteiger partial charge in [0.2, 0.25) is 11.9 Å². The molecule has 1 aliphatic heterocycles. The fourth-order valence-electron chi connectivity index (χ4n) is 3.04. The van der Waals surface area contributed by atoms with Crippen molar-refractivity contribution in [2.45, 2.75) is 20.5 Å². The van der Waals surface area contributed by atoms with Crippen molar-refractivity contribution in [2.24, 2.45) is 0 Å². The first-order chi connectivity index (χ1) is 13.0. The van der Waals surface area contributed by atoms with Gasteiger partial charge in [0.25, 0.3) is 0 Å². The predicted molar refractivity (Wildman–Crippen MR) is 106 cm³/mol. The van der Waals surface area contributed by atoms with Gasteiger partial charge in [0, 0.05) is 26.2 Å². The Hall–Kier alpha value is -2.51. The Labute approximate surface area is 160 Å². The van der Waals surface area contributed by atoms with Crippen LogP contribution in [0.5, 0.6) is 0 Å². The van der Waals surface area contributed by atoms with Gasteiger partial charge in [-0.25, -0.2) is 9.97 Å². The van der Waals surface area contributed by atoms with Crippen LogP contribution < -0.4 is 10.2 Å². The van der Waals surface area contributed by atoms with E-state index >= 15 is 0 Å². The fourth-order valence-corrected chi connectivity index (χ4v) is 3.04. The van der Waals surface area contributed by atoms with E-state index in [0.717, 1.165) is 49.1 Å². The number of aryl methyl sites for hydroxylation is 2. The molecule has 7 heteroatoms. The van der Waals surface area contributed by atoms with Crippen molar-refractivity contribution in [3.05, 3.63) is 47.3 Å². The van der Waals surface area contributed by atoms with Crippen molar-refractivity contribution in [1.82, 2.24) is 14.9 Å². The van der Waals surface area contributed by atoms with Gasteiger partial charge in [-0.2, -0.15) is 0 Å². The van der Waals surface area contributed by atoms with Crippen molar-refractivity contribution in [1.29, 1.82) is 0 Å². The normalized spacial score (nSPS) is 15.0. The quantitative estimate of drug-likeness (QED) is 0.840. The van der Waals surface area contributed by atoms with Crippen LogP contribution >= 0.6 is 0 Å². The van der Waals surface area contributed by atoms with Crippen LogP contribution in [0.4, 0.5) is 11.6 Å². The van der Waals surface area contributed by atoms with E-state index in [1.165, 1.54) is 0 Å². The number of carbonyl (C=O) groups is 1. The minimum atomic E-state index is -0.201. The Morgan fingerprint density at radius 3 is 2.33 bits per heavy atom. The molecule has 0 aliphatic carbocycles. The molecule has 7 nitrogen and oxygen atoms in total. The van der Waals surface area contributed by atoms with Crippen LogP contribution in [-0.2, 0) is 16.1 Å². The van der Waals surface area contributed by atoms with E-state index in [1.54, 1.807) is 0 Å². The zero-order chi connectivity index (χ0) is 19.2. The minimum Gasteiger partial charge on any atom is -0.367 e. The zero-order valence-corrected chi connectivity index (χ0v) is 16.2. The molecule has 3 rings (SSSR count). The largest absolute Gasteiger partial charge is 0.367 e. The molecule has 1 aliphatic rings. The molecule has 144 valence electrons. The van der Waals surface area contributed by atoms with E-state index in [-0.39, 0.29) is 12.5 Å². The minimum absolute atomic E-state index is 0.00597. The third-order valence-electron chi connectivity index (χ3n) is 4.65. The molecular formula is C20H27N5O2. The number of piperazine rings is 1. The number of amides is 1. The van der Waals surface area contributed by atoms with Crippen LogP contribution in [0.2, 0.25) is 0 Å². The summed E-state index contributed by atoms with van der Waals surface area (Å²) in [5.74, 6) is 0.532. The highest BCUT2D eigenvalue weighted by atomic mass is 16.5. The molecule has 0 spiro atoms. The summed E-state index contributed by atoms with van der Waals surface area (Å²) in [6, 6.07) is 9.79. The van der Waals surface area contributed by atoms with Gasteiger partial charge in [-0.1, -0.05) is 30.3 Å². The molecule has 0 bridgehead atoms. The van der Waals surface area contributed by atoms with E-state index in [4.69, 9.17) is 4.74 Å². The van der Waals surface area contributed by atoms with Crippen molar-refractivity contribution in [3.8, 4) is 0 Å². The van der Waals surface area contributed by atoms with E-state index in [1.807, 2.05) is 44.2 Å². The summed E-state index contributed by atoms with van der Waals surface area (Å²) >= 11 is 0. The van der Waals surface area contributed by atoms with Crippen molar-refractivity contribution < 1.29 is 9.53 Å². The molecule has 1 saturated heterocycles. The highest BCUT2D eigenvalue weighted by molar-refractivity contribution is 5.92. The Balaban J connectivity index is 1.57. The first-order valence-electron chi connectivity index (χ1n) is 9.23. The number of hydrogen-bond acceptors (Lipinski definition) is 6. The standard InChI is InChI=1S/C20H27N5O2/c1-15-19(23-18(26)14-27-13-17-7-5-4-6-8-17)16(2)22-20(21-15)25-11-9-24(3)10-12-25/h4-8H,9-14H2,1-3H3,(H,23,26). The number of aromatic nitrogens is 2. The lowest BCUT2D eigenvalue weighted by atomic mass is 10.2. The van der Waals surface area contributed by atoms with Crippen LogP contribution in [0.1, 0.15) is 17.0 Å². The predicted octanol–water partition coefficient (Wildman–Crippen LogP) is 2.00. The maximum atomic E-state index is 12.2. The highest BCUT2D eigenvalue weighted by Gasteiger charge is 2.19. The SMILES string of the molecule is Cc1nc(N2CCN(C)CC2)nc(C)c1NC(=O)COCc1ccccc1. The zero-order valence-electron chi connectivity index (χ0n) is 16.2. The number of likely N-dealkylation sites (N-methyl/N-ethyl adjacent to an activating group) is 1. The van der Waals surface area contributed by atoms with Crippen LogP contribution in [0.15, 0.2) is 30.3 Å². The van der Waals surface area contributed by atoms with Gasteiger partial charge in [0.1, 0.15) is 6.61 Å². The number of nitrogens with one attached hydrogen (secondary N) is 1. The molecule has 0 radical (unpaired) electrons. The number of anilines is 2. The maximum absolute atomic E-state index is 12.2. The summed E-state index contributed by atoms with van der Waals surface area (Å²) in [5, 5.41) is 2.89. The van der Waals surface area contributed by atoms with Gasteiger partial charge < -0.3 is 19.9 Å². The summed E-state index contributed by atoms with van der Waals surface area (Å²) in [6.45, 7) is 8.02. The molecule has 0 saturated carbocycles. The van der Waals surface area contributed by atoms with E-state index in [9.17, 15) is 4.79 Å². The molecule has 27 heavy (non-hydrogen) atoms. The summed E-state index contributed by atoms with van der Waals surface area (Å²) in [7, 11) is 2.12. The van der Waals surface area contributed by atoms with E-state index in [0.29, 0.717) is 12.3 Å². The second kappa shape index (κ2) is 8.92. The van der Waals surface area contributed by atoms with Crippen molar-refractivity contribution in [2.75, 3.05) is 50.1 Å². The Morgan fingerprint density at radius 2 is 1.70 bits per heavy atom. The number of carbonyl (C=O) groups excluding carboxylic acids is 1. The van der Waals surface area contributed by atoms with Crippen LogP contribution in [-0.4, -0.2) is 60.6 Å². The smallest absolute Gasteiger partial charge is 0.250 e. The van der Waals surface area contributed by atoms with Crippen molar-refractivity contribution >= 4 is 17.5 Å². The Bertz CT molecular complexity index is 750. The second-order valence-corrected chi connectivity index (χ2v) is 6.89. The van der Waals surface area contributed by atoms with Crippen molar-refractivity contribution in [3.63, 3.8) is 0 Å². The molecule has 1 aromatic heterocycles. The van der Waals surface area contributed by atoms with Crippen LogP contribution in [0.3, 0.4) is 0 Å². The molecule has 0 atom stereocenters. The fraction of sp³-hybridized carbons (Fsp3) is 0.450. The third-order valence-corrected chi connectivity index (χ3v) is 4.65. The lowest BCUT2D eigenvalue weighted by Gasteiger charge is -2.32.